The Labute approximate surface area is 242 Å². The minimum atomic E-state index is -0.925. The van der Waals surface area contributed by atoms with Gasteiger partial charge in [-0.05, 0) is 30.7 Å². The van der Waals surface area contributed by atoms with Crippen LogP contribution in [-0.4, -0.2) is 60.5 Å². The molecule has 3 aromatic rings. The monoisotopic (exact) mass is 588 g/mol. The van der Waals surface area contributed by atoms with Crippen LogP contribution in [0.5, 0.6) is 11.5 Å². The Morgan fingerprint density at radius 2 is 1.98 bits per heavy atom. The topological polar surface area (TPSA) is 118 Å². The summed E-state index contributed by atoms with van der Waals surface area (Å²) in [5.74, 6) is -0.177. The molecule has 0 aliphatic carbocycles. The number of aromatic nitrogens is 1. The van der Waals surface area contributed by atoms with E-state index in [9.17, 15) is 14.7 Å². The number of aliphatic hydroxyl groups excluding tert-OH is 1. The van der Waals surface area contributed by atoms with E-state index in [0.717, 1.165) is 5.01 Å². The number of aliphatic carboxylic acids is 1. The van der Waals surface area contributed by atoms with Crippen LogP contribution in [0.4, 0.5) is 5.69 Å². The van der Waals surface area contributed by atoms with Crippen molar-refractivity contribution in [2.24, 2.45) is 5.41 Å². The molecule has 1 aliphatic heterocycles. The fourth-order valence-electron chi connectivity index (χ4n) is 4.71. The largest absolute Gasteiger partial charge is 0.493 e. The third kappa shape index (κ3) is 6.58. The second-order valence-corrected chi connectivity index (χ2v) is 12.0. The predicted octanol–water partition coefficient (Wildman–Crippen LogP) is 4.91. The third-order valence-corrected chi connectivity index (χ3v) is 7.97. The first kappa shape index (κ1) is 29.8. The highest BCUT2D eigenvalue weighted by atomic mass is 35.5. The lowest BCUT2D eigenvalue weighted by atomic mass is 9.92. The first-order chi connectivity index (χ1) is 19.1. The van der Waals surface area contributed by atoms with Gasteiger partial charge in [-0.15, -0.1) is 11.3 Å². The maximum Gasteiger partial charge on any atom is 0.308 e. The van der Waals surface area contributed by atoms with E-state index in [4.69, 9.17) is 30.9 Å². The lowest BCUT2D eigenvalue weighted by Crippen LogP contribution is -2.45. The highest BCUT2D eigenvalue weighted by Gasteiger charge is 2.39. The SMILES string of the molecule is COc1cccc(C2OC(CCc3ncc(CC(=O)O)s3)C(=O)N(CC(C)(C)CO)c3ccc(Cl)cc32)c1OC. The van der Waals surface area contributed by atoms with Gasteiger partial charge in [0.1, 0.15) is 12.2 Å². The van der Waals surface area contributed by atoms with Crippen molar-refractivity contribution in [3.8, 4) is 11.5 Å². The van der Waals surface area contributed by atoms with Crippen molar-refractivity contribution in [1.29, 1.82) is 0 Å². The van der Waals surface area contributed by atoms with E-state index in [0.29, 0.717) is 51.1 Å². The lowest BCUT2D eigenvalue weighted by Gasteiger charge is -2.32. The van der Waals surface area contributed by atoms with Crippen LogP contribution in [0.2, 0.25) is 5.02 Å². The van der Waals surface area contributed by atoms with Gasteiger partial charge in [-0.3, -0.25) is 9.59 Å². The number of carboxylic acids is 1. The molecule has 1 aliphatic rings. The normalized spacial score (nSPS) is 17.4. The lowest BCUT2D eigenvalue weighted by molar-refractivity contribution is -0.136. The molecule has 1 amide bonds. The number of ether oxygens (including phenoxy) is 3. The summed E-state index contributed by atoms with van der Waals surface area (Å²) >= 11 is 7.78. The average Bonchev–Trinajstić information content (AvgIpc) is 3.33. The number of fused-ring (bicyclic) bond motifs is 1. The molecule has 0 saturated heterocycles. The van der Waals surface area contributed by atoms with E-state index < -0.39 is 23.6 Å². The summed E-state index contributed by atoms with van der Waals surface area (Å²) in [5.41, 5.74) is 1.39. The Hall–Kier alpha value is -3.18. The first-order valence-electron chi connectivity index (χ1n) is 12.8. The molecular formula is C29H33ClN2O7S. The van der Waals surface area contributed by atoms with Gasteiger partial charge in [0.05, 0.1) is 25.6 Å². The number of amides is 1. The Morgan fingerprint density at radius 1 is 1.20 bits per heavy atom. The molecule has 2 atom stereocenters. The number of hydrogen-bond donors (Lipinski definition) is 2. The van der Waals surface area contributed by atoms with Gasteiger partial charge in [0.15, 0.2) is 11.5 Å². The summed E-state index contributed by atoms with van der Waals surface area (Å²) in [7, 11) is 3.10. The van der Waals surface area contributed by atoms with Gasteiger partial charge >= 0.3 is 5.97 Å². The van der Waals surface area contributed by atoms with E-state index >= 15 is 0 Å². The summed E-state index contributed by atoms with van der Waals surface area (Å²) in [6.45, 7) is 3.90. The zero-order valence-electron chi connectivity index (χ0n) is 22.8. The highest BCUT2D eigenvalue weighted by molar-refractivity contribution is 7.11. The fraction of sp³-hybridized carbons (Fsp3) is 0.414. The Balaban J connectivity index is 1.80. The van der Waals surface area contributed by atoms with Gasteiger partial charge in [0.25, 0.3) is 5.91 Å². The van der Waals surface area contributed by atoms with Crippen LogP contribution in [0.25, 0.3) is 0 Å². The predicted molar refractivity (Wildman–Crippen MR) is 153 cm³/mol. The van der Waals surface area contributed by atoms with Gasteiger partial charge in [-0.1, -0.05) is 37.6 Å². The standard InChI is InChI=1S/C29H33ClN2O7S/c1-29(2,16-33)15-32-21-9-8-17(30)12-20(21)26(19-6-5-7-22(37-3)27(19)38-4)39-23(28(32)36)10-11-24-31-14-18(40-24)13-25(34)35/h5-9,12,14,23,26,33H,10-11,13,15-16H2,1-4H3,(H,34,35). The smallest absolute Gasteiger partial charge is 0.308 e. The number of carbonyl (C=O) groups excluding carboxylic acids is 1. The van der Waals surface area contributed by atoms with Crippen molar-refractivity contribution < 1.29 is 34.0 Å². The molecule has 0 fully saturated rings. The van der Waals surface area contributed by atoms with E-state index in [2.05, 4.69) is 4.98 Å². The number of carbonyl (C=O) groups is 2. The molecule has 11 heteroatoms. The minimum Gasteiger partial charge on any atom is -0.493 e. The van der Waals surface area contributed by atoms with Crippen LogP contribution in [-0.2, 0) is 27.2 Å². The van der Waals surface area contributed by atoms with Gasteiger partial charge in [0, 0.05) is 57.9 Å². The molecule has 1 aromatic heterocycles. The van der Waals surface area contributed by atoms with E-state index in [1.165, 1.54) is 11.3 Å². The number of benzene rings is 2. The van der Waals surface area contributed by atoms with Gasteiger partial charge in [-0.2, -0.15) is 0 Å². The number of methoxy groups -OCH3 is 2. The van der Waals surface area contributed by atoms with Crippen molar-refractivity contribution in [3.63, 3.8) is 0 Å². The number of halogens is 1. The number of aliphatic hydroxyl groups is 1. The minimum absolute atomic E-state index is 0.103. The molecule has 2 heterocycles. The van der Waals surface area contributed by atoms with Crippen molar-refractivity contribution in [3.05, 3.63) is 68.6 Å². The maximum absolute atomic E-state index is 14.1. The summed E-state index contributed by atoms with van der Waals surface area (Å²) in [5, 5.41) is 20.3. The molecule has 9 nitrogen and oxygen atoms in total. The molecule has 0 radical (unpaired) electrons. The number of thiazole rings is 1. The van der Waals surface area contributed by atoms with E-state index in [1.54, 1.807) is 49.6 Å². The number of rotatable bonds is 11. The number of nitrogens with zero attached hydrogens (tertiary/aromatic N) is 2. The fourth-order valence-corrected chi connectivity index (χ4v) is 5.82. The van der Waals surface area contributed by atoms with Gasteiger partial charge in [0.2, 0.25) is 0 Å². The maximum atomic E-state index is 14.1. The van der Waals surface area contributed by atoms with Crippen LogP contribution in [0, 0.1) is 5.41 Å². The highest BCUT2D eigenvalue weighted by Crippen LogP contribution is 2.45. The van der Waals surface area contributed by atoms with E-state index in [1.807, 2.05) is 26.0 Å². The number of aryl methyl sites for hydroxylation is 1. The van der Waals surface area contributed by atoms with Gasteiger partial charge < -0.3 is 29.3 Å². The Morgan fingerprint density at radius 3 is 2.65 bits per heavy atom. The summed E-state index contributed by atoms with van der Waals surface area (Å²) in [6, 6.07) is 10.8. The molecular weight excluding hydrogens is 556 g/mol. The number of hydrogen-bond acceptors (Lipinski definition) is 8. The van der Waals surface area contributed by atoms with Crippen molar-refractivity contribution >= 4 is 40.5 Å². The third-order valence-electron chi connectivity index (χ3n) is 6.68. The van der Waals surface area contributed by atoms with Gasteiger partial charge in [-0.25, -0.2) is 4.98 Å². The van der Waals surface area contributed by atoms with Crippen LogP contribution in [0.15, 0.2) is 42.6 Å². The quantitative estimate of drug-likeness (QED) is 0.324. The average molecular weight is 589 g/mol. The zero-order chi connectivity index (χ0) is 29.0. The van der Waals surface area contributed by atoms with Crippen molar-refractivity contribution in [1.82, 2.24) is 4.98 Å². The van der Waals surface area contributed by atoms with Crippen LogP contribution >= 0.6 is 22.9 Å². The summed E-state index contributed by atoms with van der Waals surface area (Å²) in [6.07, 6.45) is 0.564. The molecule has 2 aromatic carbocycles. The molecule has 0 spiro atoms. The van der Waals surface area contributed by atoms with Crippen molar-refractivity contribution in [2.75, 3.05) is 32.3 Å². The molecule has 4 rings (SSSR count). The van der Waals surface area contributed by atoms with Crippen LogP contribution in [0.3, 0.4) is 0 Å². The summed E-state index contributed by atoms with van der Waals surface area (Å²) in [4.78, 5) is 31.9. The first-order valence-corrected chi connectivity index (χ1v) is 14.0. The van der Waals surface area contributed by atoms with E-state index in [-0.39, 0.29) is 25.5 Å². The summed E-state index contributed by atoms with van der Waals surface area (Å²) < 4.78 is 17.9. The molecule has 0 saturated carbocycles. The van der Waals surface area contributed by atoms with Crippen LogP contribution < -0.4 is 14.4 Å². The Bertz CT molecular complexity index is 1380. The molecule has 214 valence electrons. The number of anilines is 1. The van der Waals surface area contributed by atoms with Crippen LogP contribution in [0.1, 0.15) is 47.4 Å². The number of carboxylic acid groups (broad SMARTS) is 1. The Kier molecular flexibility index (Phi) is 9.35. The number of para-hydroxylation sites is 1. The zero-order valence-corrected chi connectivity index (χ0v) is 24.4. The van der Waals surface area contributed by atoms with Crippen molar-refractivity contribution in [2.45, 2.75) is 45.3 Å². The second-order valence-electron chi connectivity index (χ2n) is 10.4. The molecule has 0 bridgehead atoms. The molecule has 2 N–H and O–H groups in total. The second kappa shape index (κ2) is 12.6. The molecule has 2 unspecified atom stereocenters. The molecule has 40 heavy (non-hydrogen) atoms.